The number of imidazole rings is 2. The molecule has 4 heterocycles. The van der Waals surface area contributed by atoms with E-state index in [-0.39, 0.29) is 35.7 Å². The summed E-state index contributed by atoms with van der Waals surface area (Å²) in [4.78, 5) is 36.8. The zero-order valence-corrected chi connectivity index (χ0v) is 37.1. The molecule has 0 radical (unpaired) electrons. The third-order valence-corrected chi connectivity index (χ3v) is 13.7. The van der Waals surface area contributed by atoms with E-state index in [0.717, 1.165) is 114 Å². The van der Waals surface area contributed by atoms with Gasteiger partial charge in [0.05, 0.1) is 53.5 Å². The first-order valence-corrected chi connectivity index (χ1v) is 22.6. The molecule has 2 aliphatic carbocycles. The molecule has 4 fully saturated rings. The monoisotopic (exact) mass is 934 g/mol. The van der Waals surface area contributed by atoms with Crippen LogP contribution in [0, 0.1) is 5.82 Å². The molecular formula is C45H53Br2FN6O5. The van der Waals surface area contributed by atoms with Gasteiger partial charge in [0.15, 0.2) is 11.6 Å². The quantitative estimate of drug-likeness (QED) is 0.165. The van der Waals surface area contributed by atoms with Gasteiger partial charge in [-0.2, -0.15) is 0 Å². The van der Waals surface area contributed by atoms with Gasteiger partial charge in [-0.05, 0) is 126 Å². The van der Waals surface area contributed by atoms with E-state index >= 15 is 0 Å². The van der Waals surface area contributed by atoms with Crippen molar-refractivity contribution in [2.24, 2.45) is 0 Å². The Balaban J connectivity index is 0.000000172. The minimum absolute atomic E-state index is 0.0105. The van der Waals surface area contributed by atoms with Gasteiger partial charge in [-0.1, -0.05) is 31.9 Å². The Hall–Kier alpha value is -3.85. The number of carbonyl (C=O) groups is 2. The predicted molar refractivity (Wildman–Crippen MR) is 233 cm³/mol. The summed E-state index contributed by atoms with van der Waals surface area (Å²) < 4.78 is 37.6. The van der Waals surface area contributed by atoms with E-state index in [0.29, 0.717) is 36.8 Å². The van der Waals surface area contributed by atoms with Crippen molar-refractivity contribution in [1.82, 2.24) is 24.4 Å². The fourth-order valence-corrected chi connectivity index (χ4v) is 10.4. The number of anilines is 1. The van der Waals surface area contributed by atoms with Gasteiger partial charge >= 0.3 is 0 Å². The summed E-state index contributed by atoms with van der Waals surface area (Å²) in [5.41, 5.74) is 4.67. The average molecular weight is 937 g/mol. The van der Waals surface area contributed by atoms with Crippen LogP contribution >= 0.6 is 31.9 Å². The lowest BCUT2D eigenvalue weighted by Crippen LogP contribution is -2.40. The zero-order valence-electron chi connectivity index (χ0n) is 34.0. The number of aromatic nitrogens is 4. The molecule has 4 aliphatic rings. The van der Waals surface area contributed by atoms with E-state index in [9.17, 15) is 14.0 Å². The van der Waals surface area contributed by atoms with Crippen LogP contribution in [-0.2, 0) is 19.1 Å². The fourth-order valence-electron chi connectivity index (χ4n) is 9.75. The number of hydrogen-bond donors (Lipinski definition) is 1. The molecule has 2 atom stereocenters. The molecule has 2 unspecified atom stereocenters. The number of rotatable bonds is 8. The Morgan fingerprint density at radius 2 is 1.24 bits per heavy atom. The Morgan fingerprint density at radius 3 is 1.78 bits per heavy atom. The molecular weight excluding hydrogens is 883 g/mol. The lowest BCUT2D eigenvalue weighted by Gasteiger charge is -2.37. The molecule has 14 heteroatoms. The summed E-state index contributed by atoms with van der Waals surface area (Å²) in [7, 11) is 5.02. The van der Waals surface area contributed by atoms with Crippen molar-refractivity contribution in [3.63, 3.8) is 0 Å². The molecule has 314 valence electrons. The molecule has 2 saturated carbocycles. The molecule has 0 spiro atoms. The number of benzene rings is 3. The maximum Gasteiger partial charge on any atom is 0.227 e. The second-order valence-corrected chi connectivity index (χ2v) is 18.1. The highest BCUT2D eigenvalue weighted by atomic mass is 79.9. The molecule has 9 rings (SSSR count). The lowest BCUT2D eigenvalue weighted by atomic mass is 9.92. The van der Waals surface area contributed by atoms with Gasteiger partial charge < -0.3 is 33.6 Å². The Labute approximate surface area is 361 Å². The minimum Gasteiger partial charge on any atom is -0.494 e. The third kappa shape index (κ3) is 8.83. The van der Waals surface area contributed by atoms with E-state index in [1.807, 2.05) is 12.1 Å². The van der Waals surface area contributed by atoms with E-state index in [1.165, 1.54) is 18.7 Å². The highest BCUT2D eigenvalue weighted by molar-refractivity contribution is 9.10. The molecule has 11 nitrogen and oxygen atoms in total. The molecule has 5 aromatic rings. The summed E-state index contributed by atoms with van der Waals surface area (Å²) in [5.74, 6) is 1.70. The number of ether oxygens (including phenoxy) is 3. The van der Waals surface area contributed by atoms with Crippen molar-refractivity contribution < 1.29 is 28.2 Å². The first-order chi connectivity index (χ1) is 28.6. The van der Waals surface area contributed by atoms with Crippen molar-refractivity contribution in [3.8, 4) is 5.75 Å². The van der Waals surface area contributed by atoms with E-state index in [4.69, 9.17) is 24.2 Å². The molecule has 2 amide bonds. The number of methoxy groups -OCH3 is 3. The number of carbonyl (C=O) groups excluding carboxylic acids is 2. The van der Waals surface area contributed by atoms with Crippen LogP contribution in [0.4, 0.5) is 10.1 Å². The van der Waals surface area contributed by atoms with Crippen LogP contribution < -0.4 is 15.0 Å². The van der Waals surface area contributed by atoms with Gasteiger partial charge in [0.1, 0.15) is 11.6 Å². The average Bonchev–Trinajstić information content (AvgIpc) is 3.82. The Morgan fingerprint density at radius 1 is 0.678 bits per heavy atom. The van der Waals surface area contributed by atoms with Gasteiger partial charge in [0, 0.05) is 59.8 Å². The number of nitrogens with one attached hydrogen (secondary N) is 1. The van der Waals surface area contributed by atoms with Crippen molar-refractivity contribution in [1.29, 1.82) is 0 Å². The second kappa shape index (κ2) is 18.4. The van der Waals surface area contributed by atoms with Crippen LogP contribution in [0.2, 0.25) is 0 Å². The maximum atomic E-state index is 14.6. The highest BCUT2D eigenvalue weighted by Crippen LogP contribution is 2.42. The van der Waals surface area contributed by atoms with Crippen molar-refractivity contribution in [3.05, 3.63) is 81.0 Å². The fraction of sp³-hybridized carbons (Fsp3) is 0.511. The number of halogens is 3. The summed E-state index contributed by atoms with van der Waals surface area (Å²) in [5, 5.41) is 3.15. The molecule has 2 aromatic heterocycles. The zero-order chi connectivity index (χ0) is 41.2. The second-order valence-electron chi connectivity index (χ2n) is 16.3. The summed E-state index contributed by atoms with van der Waals surface area (Å²) in [6.07, 6.45) is 13.5. The molecule has 59 heavy (non-hydrogen) atoms. The first kappa shape index (κ1) is 41.9. The van der Waals surface area contributed by atoms with Crippen LogP contribution in [0.3, 0.4) is 0 Å². The summed E-state index contributed by atoms with van der Waals surface area (Å²) >= 11 is 7.12. The summed E-state index contributed by atoms with van der Waals surface area (Å²) in [6, 6.07) is 17.6. The highest BCUT2D eigenvalue weighted by Gasteiger charge is 2.37. The van der Waals surface area contributed by atoms with Crippen LogP contribution in [-0.4, -0.2) is 64.5 Å². The van der Waals surface area contributed by atoms with Gasteiger partial charge in [0.2, 0.25) is 11.8 Å². The van der Waals surface area contributed by atoms with Crippen LogP contribution in [0.5, 0.6) is 5.75 Å². The largest absolute Gasteiger partial charge is 0.494 e. The predicted octanol–water partition coefficient (Wildman–Crippen LogP) is 10.6. The number of nitrogens with zero attached hydrogens (tertiary/aromatic N) is 5. The smallest absolute Gasteiger partial charge is 0.227 e. The van der Waals surface area contributed by atoms with Gasteiger partial charge in [-0.15, -0.1) is 0 Å². The van der Waals surface area contributed by atoms with E-state index < -0.39 is 5.82 Å². The molecule has 0 bridgehead atoms. The standard InChI is InChI=1S/C26H29BrFN3O3.C19H24BrN3O2/c1-33-19-10-7-17(8-11-19)31-22-12-6-16(27)14-21(22)29-26(31)23-4-3-5-25(32)30(23)18-9-13-24(34-2)20(28)15-18;1-25-14-8-6-13(7-9-14)23-17-10-5-12(20)11-16(17)22-19(23)15-3-2-4-18(24)21-15/h6,9,12-15,17,19,23H,3-5,7-8,10-11H2,1-2H3;5,10-11,13-15H,2-4,6-9H2,1H3,(H,21,24). The number of piperidine rings is 2. The van der Waals surface area contributed by atoms with Gasteiger partial charge in [-0.3, -0.25) is 9.59 Å². The van der Waals surface area contributed by atoms with Crippen LogP contribution in [0.25, 0.3) is 22.1 Å². The number of fused-ring (bicyclic) bond motifs is 2. The SMILES string of the molecule is COC1CCC(n2c(C3CCCC(=O)N3)nc3cc(Br)ccc32)CC1.COc1ccc(N2C(=O)CCCC2c2nc3cc(Br)ccc3n2C2CCC(OC)CC2)cc1F. The Bertz CT molecular complexity index is 2300. The first-order valence-electron chi connectivity index (χ1n) is 21.0. The molecule has 3 aromatic carbocycles. The minimum atomic E-state index is -0.479. The van der Waals surface area contributed by atoms with Gasteiger partial charge in [0.25, 0.3) is 0 Å². The normalized spacial score (nSPS) is 25.2. The third-order valence-electron chi connectivity index (χ3n) is 12.7. The number of amides is 2. The van der Waals surface area contributed by atoms with Crippen molar-refractivity contribution in [2.45, 2.75) is 126 Å². The van der Waals surface area contributed by atoms with Crippen molar-refractivity contribution in [2.75, 3.05) is 26.2 Å². The van der Waals surface area contributed by atoms with Crippen LogP contribution in [0.1, 0.15) is 126 Å². The lowest BCUT2D eigenvalue weighted by molar-refractivity contribution is -0.123. The van der Waals surface area contributed by atoms with E-state index in [2.05, 4.69) is 70.6 Å². The van der Waals surface area contributed by atoms with Crippen LogP contribution in [0.15, 0.2) is 63.5 Å². The topological polar surface area (TPSA) is 113 Å². The summed E-state index contributed by atoms with van der Waals surface area (Å²) in [6.45, 7) is 0. The molecule has 2 saturated heterocycles. The van der Waals surface area contributed by atoms with Crippen molar-refractivity contribution >= 4 is 71.4 Å². The maximum absolute atomic E-state index is 14.6. The molecule has 2 aliphatic heterocycles. The number of hydrogen-bond acceptors (Lipinski definition) is 7. The van der Waals surface area contributed by atoms with Gasteiger partial charge in [-0.25, -0.2) is 14.4 Å². The molecule has 1 N–H and O–H groups in total. The van der Waals surface area contributed by atoms with E-state index in [1.54, 1.807) is 31.3 Å². The Kier molecular flexibility index (Phi) is 13.1.